The molecule has 7 nitrogen and oxygen atoms in total. The molecule has 1 N–H and O–H groups in total. The van der Waals surface area contributed by atoms with Gasteiger partial charge >= 0.3 is 5.97 Å². The van der Waals surface area contributed by atoms with Gasteiger partial charge in [-0.2, -0.15) is 4.31 Å². The molecular weight excluding hydrogens is 344 g/mol. The van der Waals surface area contributed by atoms with Gasteiger partial charge in [-0.1, -0.05) is 6.92 Å². The molecule has 1 aliphatic heterocycles. The second-order valence-electron chi connectivity index (χ2n) is 6.69. The molecule has 25 heavy (non-hydrogen) atoms. The van der Waals surface area contributed by atoms with Gasteiger partial charge in [-0.05, 0) is 43.0 Å². The number of amides is 1. The molecule has 3 rings (SSSR count). The molecular formula is C17H22N2O5S. The van der Waals surface area contributed by atoms with Crippen molar-refractivity contribution >= 4 is 21.9 Å². The fourth-order valence-electron chi connectivity index (χ4n) is 3.15. The smallest absolute Gasteiger partial charge is 0.335 e. The number of aromatic carboxylic acids is 1. The zero-order valence-electron chi connectivity index (χ0n) is 14.1. The standard InChI is InChI=1S/C17H22N2O5S/c1-12(13-2-3-13)16(20)18-8-10-19(11-9-18)25(23,24)15-6-4-14(5-7-15)17(21)22/h4-7,12-13H,2-3,8-11H2,1H3,(H,21,22). The summed E-state index contributed by atoms with van der Waals surface area (Å²) in [6.45, 7) is 3.25. The van der Waals surface area contributed by atoms with Crippen LogP contribution in [0.1, 0.15) is 30.1 Å². The lowest BCUT2D eigenvalue weighted by Crippen LogP contribution is -2.51. The maximum Gasteiger partial charge on any atom is 0.335 e. The Balaban J connectivity index is 1.64. The third-order valence-corrected chi connectivity index (χ3v) is 6.92. The first-order valence-corrected chi connectivity index (χ1v) is 9.87. The van der Waals surface area contributed by atoms with E-state index >= 15 is 0 Å². The molecule has 8 heteroatoms. The minimum atomic E-state index is -3.68. The Labute approximate surface area is 147 Å². The number of nitrogens with zero attached hydrogens (tertiary/aromatic N) is 2. The van der Waals surface area contributed by atoms with Crippen LogP contribution in [-0.4, -0.2) is 60.8 Å². The Morgan fingerprint density at radius 3 is 2.12 bits per heavy atom. The zero-order valence-corrected chi connectivity index (χ0v) is 14.9. The summed E-state index contributed by atoms with van der Waals surface area (Å²) >= 11 is 0. The van der Waals surface area contributed by atoms with Crippen molar-refractivity contribution in [2.45, 2.75) is 24.7 Å². The van der Waals surface area contributed by atoms with Crippen molar-refractivity contribution in [2.75, 3.05) is 26.2 Å². The number of sulfonamides is 1. The first-order chi connectivity index (χ1) is 11.8. The molecule has 1 saturated carbocycles. The average Bonchev–Trinajstić information content (AvgIpc) is 3.45. The second-order valence-corrected chi connectivity index (χ2v) is 8.62. The predicted octanol–water partition coefficient (Wildman–Crippen LogP) is 1.26. The summed E-state index contributed by atoms with van der Waals surface area (Å²) in [7, 11) is -3.68. The Morgan fingerprint density at radius 2 is 1.64 bits per heavy atom. The topological polar surface area (TPSA) is 95.0 Å². The van der Waals surface area contributed by atoms with Gasteiger partial charge in [0.15, 0.2) is 0 Å². The molecule has 0 radical (unpaired) electrons. The van der Waals surface area contributed by atoms with Gasteiger partial charge in [-0.25, -0.2) is 13.2 Å². The Bertz CT molecular complexity index is 763. The summed E-state index contributed by atoms with van der Waals surface area (Å²) < 4.78 is 26.7. The van der Waals surface area contributed by atoms with Crippen LogP contribution < -0.4 is 0 Å². The number of carboxylic acids is 1. The number of carbonyl (C=O) groups is 2. The Morgan fingerprint density at radius 1 is 1.08 bits per heavy atom. The van der Waals surface area contributed by atoms with Gasteiger partial charge in [0.05, 0.1) is 10.5 Å². The molecule has 2 fully saturated rings. The quantitative estimate of drug-likeness (QED) is 0.847. The third kappa shape index (κ3) is 3.69. The van der Waals surface area contributed by atoms with E-state index in [1.807, 2.05) is 6.92 Å². The first kappa shape index (κ1) is 17.9. The van der Waals surface area contributed by atoms with Gasteiger partial charge in [-0.3, -0.25) is 4.79 Å². The molecule has 1 heterocycles. The van der Waals surface area contributed by atoms with Crippen molar-refractivity contribution in [3.63, 3.8) is 0 Å². The molecule has 1 aliphatic carbocycles. The second kappa shape index (κ2) is 6.76. The number of rotatable bonds is 5. The first-order valence-electron chi connectivity index (χ1n) is 8.43. The molecule has 0 aromatic heterocycles. The maximum absolute atomic E-state index is 12.7. The summed E-state index contributed by atoms with van der Waals surface area (Å²) in [5.74, 6) is -0.472. The van der Waals surface area contributed by atoms with Crippen LogP contribution in [0, 0.1) is 11.8 Å². The number of piperazine rings is 1. The summed E-state index contributed by atoms with van der Waals surface area (Å²) in [4.78, 5) is 25.1. The maximum atomic E-state index is 12.7. The van der Waals surface area contributed by atoms with E-state index in [1.54, 1.807) is 4.90 Å². The lowest BCUT2D eigenvalue weighted by molar-refractivity contribution is -0.136. The number of hydrogen-bond acceptors (Lipinski definition) is 4. The molecule has 2 aliphatic rings. The van der Waals surface area contributed by atoms with Gasteiger partial charge in [0.2, 0.25) is 15.9 Å². The van der Waals surface area contributed by atoms with E-state index in [0.717, 1.165) is 12.8 Å². The molecule has 1 saturated heterocycles. The minimum absolute atomic E-state index is 0.0201. The molecule has 136 valence electrons. The summed E-state index contributed by atoms with van der Waals surface area (Å²) in [6.07, 6.45) is 2.21. The lowest BCUT2D eigenvalue weighted by Gasteiger charge is -2.35. The zero-order chi connectivity index (χ0) is 18.2. The van der Waals surface area contributed by atoms with Crippen molar-refractivity contribution < 1.29 is 23.1 Å². The molecule has 1 aromatic carbocycles. The Hall–Kier alpha value is -1.93. The molecule has 1 unspecified atom stereocenters. The fourth-order valence-corrected chi connectivity index (χ4v) is 4.58. The lowest BCUT2D eigenvalue weighted by atomic mass is 10.0. The number of hydrogen-bond donors (Lipinski definition) is 1. The van der Waals surface area contributed by atoms with Crippen LogP contribution in [0.3, 0.4) is 0 Å². The monoisotopic (exact) mass is 366 g/mol. The van der Waals surface area contributed by atoms with Crippen LogP contribution in [0.25, 0.3) is 0 Å². The SMILES string of the molecule is CC(C(=O)N1CCN(S(=O)(=O)c2ccc(C(=O)O)cc2)CC1)C1CC1. The van der Waals surface area contributed by atoms with E-state index in [4.69, 9.17) is 5.11 Å². The molecule has 0 bridgehead atoms. The van der Waals surface area contributed by atoms with Crippen LogP contribution in [0.4, 0.5) is 0 Å². The highest BCUT2D eigenvalue weighted by molar-refractivity contribution is 7.89. The third-order valence-electron chi connectivity index (χ3n) is 5.01. The molecule has 1 aromatic rings. The summed E-state index contributed by atoms with van der Waals surface area (Å²) in [5, 5.41) is 8.90. The highest BCUT2D eigenvalue weighted by Crippen LogP contribution is 2.37. The highest BCUT2D eigenvalue weighted by Gasteiger charge is 2.37. The van der Waals surface area contributed by atoms with E-state index in [-0.39, 0.29) is 35.4 Å². The van der Waals surface area contributed by atoms with Crippen molar-refractivity contribution in [1.82, 2.24) is 9.21 Å². The van der Waals surface area contributed by atoms with E-state index in [9.17, 15) is 18.0 Å². The van der Waals surface area contributed by atoms with Crippen molar-refractivity contribution in [3.8, 4) is 0 Å². The van der Waals surface area contributed by atoms with E-state index < -0.39 is 16.0 Å². The summed E-state index contributed by atoms with van der Waals surface area (Å²) in [5.41, 5.74) is 0.0448. The van der Waals surface area contributed by atoms with E-state index in [0.29, 0.717) is 19.0 Å². The van der Waals surface area contributed by atoms with Gasteiger partial charge in [0.1, 0.15) is 0 Å². The van der Waals surface area contributed by atoms with Gasteiger partial charge < -0.3 is 10.0 Å². The van der Waals surface area contributed by atoms with Gasteiger partial charge in [-0.15, -0.1) is 0 Å². The number of carboxylic acid groups (broad SMARTS) is 1. The van der Waals surface area contributed by atoms with Crippen LogP contribution in [0.15, 0.2) is 29.2 Å². The van der Waals surface area contributed by atoms with E-state index in [2.05, 4.69) is 0 Å². The van der Waals surface area contributed by atoms with Gasteiger partial charge in [0.25, 0.3) is 0 Å². The molecule has 1 amide bonds. The largest absolute Gasteiger partial charge is 0.478 e. The average molecular weight is 366 g/mol. The fraction of sp³-hybridized carbons (Fsp3) is 0.529. The van der Waals surface area contributed by atoms with Crippen molar-refractivity contribution in [2.24, 2.45) is 11.8 Å². The summed E-state index contributed by atoms with van der Waals surface area (Å²) in [6, 6.07) is 5.19. The number of carbonyl (C=O) groups excluding carboxylic acids is 1. The van der Waals surface area contributed by atoms with Crippen LogP contribution in [-0.2, 0) is 14.8 Å². The van der Waals surface area contributed by atoms with Gasteiger partial charge in [0, 0.05) is 32.1 Å². The molecule has 1 atom stereocenters. The van der Waals surface area contributed by atoms with Crippen LogP contribution in [0.2, 0.25) is 0 Å². The number of benzene rings is 1. The van der Waals surface area contributed by atoms with Crippen molar-refractivity contribution in [3.05, 3.63) is 29.8 Å². The minimum Gasteiger partial charge on any atom is -0.478 e. The van der Waals surface area contributed by atoms with E-state index in [1.165, 1.54) is 28.6 Å². The van der Waals surface area contributed by atoms with Crippen LogP contribution >= 0.6 is 0 Å². The van der Waals surface area contributed by atoms with Crippen LogP contribution in [0.5, 0.6) is 0 Å². The molecule has 0 spiro atoms. The van der Waals surface area contributed by atoms with Crippen molar-refractivity contribution in [1.29, 1.82) is 0 Å². The Kier molecular flexibility index (Phi) is 4.83. The highest BCUT2D eigenvalue weighted by atomic mass is 32.2. The predicted molar refractivity (Wildman–Crippen MR) is 90.6 cm³/mol. The normalized spacial score (nSPS) is 20.3.